The normalized spacial score (nSPS) is 12.5. The lowest BCUT2D eigenvalue weighted by Crippen LogP contribution is -2.30. The topological polar surface area (TPSA) is 78.9 Å². The van der Waals surface area contributed by atoms with E-state index in [2.05, 4.69) is 93.7 Å². The number of unbranched alkanes of at least 4 members (excludes halogenated alkanes) is 33. The molecule has 0 amide bonds. The van der Waals surface area contributed by atoms with Crippen molar-refractivity contribution in [3.63, 3.8) is 0 Å². The van der Waals surface area contributed by atoms with Crippen LogP contribution in [-0.2, 0) is 28.6 Å². The van der Waals surface area contributed by atoms with Crippen molar-refractivity contribution in [3.05, 3.63) is 72.9 Å². The van der Waals surface area contributed by atoms with Crippen molar-refractivity contribution in [1.82, 2.24) is 0 Å². The van der Waals surface area contributed by atoms with Crippen LogP contribution >= 0.6 is 0 Å². The number of rotatable bonds is 56. The molecular formula is C66H116O6. The van der Waals surface area contributed by atoms with Crippen LogP contribution in [0.25, 0.3) is 0 Å². The summed E-state index contributed by atoms with van der Waals surface area (Å²) < 4.78 is 16.9. The standard InChI is InChI=1S/C66H116O6/c1-4-7-10-13-16-19-22-25-27-29-31-32-33-34-36-37-39-41-44-47-50-53-56-59-65(68)71-62-63(61-70-64(67)58-55-52-49-46-43-24-21-18-15-12-9-6-3)72-66(69)60-57-54-51-48-45-42-40-38-35-30-28-26-23-20-17-14-11-8-5-2/h7,10,16-17,19-20,25-28,31-32,63H,4-6,8-9,11-15,18,21-24,29-30,33-62H2,1-3H3/b10-7-,19-16-,20-17-,27-25-,28-26-,32-31-. The quantitative estimate of drug-likeness (QED) is 0.0261. The molecule has 416 valence electrons. The van der Waals surface area contributed by atoms with Crippen LogP contribution in [0.5, 0.6) is 0 Å². The molecule has 0 heterocycles. The minimum Gasteiger partial charge on any atom is -0.462 e. The minimum absolute atomic E-state index is 0.0752. The van der Waals surface area contributed by atoms with E-state index in [1.807, 2.05) is 0 Å². The summed E-state index contributed by atoms with van der Waals surface area (Å²) in [5.74, 6) is -0.871. The van der Waals surface area contributed by atoms with Gasteiger partial charge in [0.1, 0.15) is 13.2 Å². The molecule has 0 saturated carbocycles. The second kappa shape index (κ2) is 60.4. The second-order valence-corrected chi connectivity index (χ2v) is 20.6. The van der Waals surface area contributed by atoms with Crippen LogP contribution in [0.15, 0.2) is 72.9 Å². The first-order valence-electron chi connectivity index (χ1n) is 30.9. The van der Waals surface area contributed by atoms with Gasteiger partial charge >= 0.3 is 17.9 Å². The fourth-order valence-corrected chi connectivity index (χ4v) is 8.82. The van der Waals surface area contributed by atoms with Gasteiger partial charge in [-0.2, -0.15) is 0 Å². The average molecular weight is 1010 g/mol. The first-order valence-corrected chi connectivity index (χ1v) is 30.9. The van der Waals surface area contributed by atoms with E-state index >= 15 is 0 Å². The molecule has 0 radical (unpaired) electrons. The van der Waals surface area contributed by atoms with E-state index in [4.69, 9.17) is 14.2 Å². The first kappa shape index (κ1) is 68.8. The monoisotopic (exact) mass is 1000 g/mol. The highest BCUT2D eigenvalue weighted by Gasteiger charge is 2.19. The first-order chi connectivity index (χ1) is 35.5. The molecule has 0 spiro atoms. The van der Waals surface area contributed by atoms with Crippen molar-refractivity contribution in [2.45, 2.75) is 316 Å². The highest BCUT2D eigenvalue weighted by Crippen LogP contribution is 2.16. The van der Waals surface area contributed by atoms with E-state index in [-0.39, 0.29) is 31.1 Å². The van der Waals surface area contributed by atoms with Crippen molar-refractivity contribution in [3.8, 4) is 0 Å². The molecule has 0 aromatic carbocycles. The molecule has 0 N–H and O–H groups in total. The number of hydrogen-bond donors (Lipinski definition) is 0. The van der Waals surface area contributed by atoms with E-state index in [0.717, 1.165) is 89.9 Å². The van der Waals surface area contributed by atoms with Gasteiger partial charge in [0.05, 0.1) is 0 Å². The largest absolute Gasteiger partial charge is 0.462 e. The van der Waals surface area contributed by atoms with Crippen LogP contribution in [0.2, 0.25) is 0 Å². The minimum atomic E-state index is -0.778. The van der Waals surface area contributed by atoms with Crippen LogP contribution in [0.3, 0.4) is 0 Å². The van der Waals surface area contributed by atoms with Gasteiger partial charge in [-0.05, 0) is 89.9 Å². The number of carbonyl (C=O) groups is 3. The van der Waals surface area contributed by atoms with E-state index in [1.54, 1.807) is 0 Å². The number of allylic oxidation sites excluding steroid dienone is 12. The summed E-state index contributed by atoms with van der Waals surface area (Å²) in [6.07, 6.45) is 77.5. The number of hydrogen-bond acceptors (Lipinski definition) is 6. The van der Waals surface area contributed by atoms with Crippen LogP contribution in [0.1, 0.15) is 310 Å². The molecule has 6 nitrogen and oxygen atoms in total. The van der Waals surface area contributed by atoms with E-state index in [0.29, 0.717) is 19.3 Å². The molecule has 0 bridgehead atoms. The van der Waals surface area contributed by atoms with Gasteiger partial charge in [-0.25, -0.2) is 0 Å². The summed E-state index contributed by atoms with van der Waals surface area (Å²) in [5.41, 5.74) is 0. The predicted octanol–water partition coefficient (Wildman–Crippen LogP) is 20.9. The molecule has 1 unspecified atom stereocenters. The Labute approximate surface area is 446 Å². The summed E-state index contributed by atoms with van der Waals surface area (Å²) in [6, 6.07) is 0. The lowest BCUT2D eigenvalue weighted by atomic mass is 10.0. The molecule has 0 aromatic rings. The number of carbonyl (C=O) groups excluding carboxylic acids is 3. The van der Waals surface area contributed by atoms with Gasteiger partial charge < -0.3 is 14.2 Å². The summed E-state index contributed by atoms with van der Waals surface area (Å²) in [7, 11) is 0. The Morgan fingerprint density at radius 1 is 0.292 bits per heavy atom. The molecule has 0 aliphatic carbocycles. The third kappa shape index (κ3) is 57.7. The summed E-state index contributed by atoms with van der Waals surface area (Å²) in [4.78, 5) is 38.2. The third-order valence-corrected chi connectivity index (χ3v) is 13.4. The molecule has 0 aromatic heterocycles. The van der Waals surface area contributed by atoms with Crippen molar-refractivity contribution >= 4 is 17.9 Å². The Morgan fingerprint density at radius 2 is 0.542 bits per heavy atom. The van der Waals surface area contributed by atoms with E-state index in [1.165, 1.54) is 180 Å². The highest BCUT2D eigenvalue weighted by atomic mass is 16.6. The fraction of sp³-hybridized carbons (Fsp3) is 0.773. The number of esters is 3. The molecular weight excluding hydrogens is 889 g/mol. The van der Waals surface area contributed by atoms with Gasteiger partial charge in [-0.1, -0.05) is 273 Å². The average Bonchev–Trinajstić information content (AvgIpc) is 3.38. The van der Waals surface area contributed by atoms with Crippen molar-refractivity contribution in [1.29, 1.82) is 0 Å². The fourth-order valence-electron chi connectivity index (χ4n) is 8.82. The zero-order valence-corrected chi connectivity index (χ0v) is 47.7. The maximum Gasteiger partial charge on any atom is 0.306 e. The predicted molar refractivity (Wildman–Crippen MR) is 311 cm³/mol. The summed E-state index contributed by atoms with van der Waals surface area (Å²) in [6.45, 7) is 6.53. The third-order valence-electron chi connectivity index (χ3n) is 13.4. The van der Waals surface area contributed by atoms with Crippen LogP contribution in [0.4, 0.5) is 0 Å². The Kier molecular flexibility index (Phi) is 57.8. The lowest BCUT2D eigenvalue weighted by molar-refractivity contribution is -0.167. The maximum absolute atomic E-state index is 12.9. The van der Waals surface area contributed by atoms with Crippen molar-refractivity contribution in [2.75, 3.05) is 13.2 Å². The van der Waals surface area contributed by atoms with E-state index in [9.17, 15) is 14.4 Å². The molecule has 6 heteroatoms. The Hall–Kier alpha value is -3.15. The summed E-state index contributed by atoms with van der Waals surface area (Å²) in [5, 5.41) is 0. The van der Waals surface area contributed by atoms with Gasteiger partial charge in [0.25, 0.3) is 0 Å². The lowest BCUT2D eigenvalue weighted by Gasteiger charge is -2.18. The van der Waals surface area contributed by atoms with Crippen LogP contribution in [0, 0.1) is 0 Å². The van der Waals surface area contributed by atoms with E-state index < -0.39 is 6.10 Å². The molecule has 72 heavy (non-hydrogen) atoms. The molecule has 0 aliphatic heterocycles. The molecule has 0 fully saturated rings. The van der Waals surface area contributed by atoms with Gasteiger partial charge in [0.2, 0.25) is 0 Å². The Balaban J connectivity index is 4.31. The summed E-state index contributed by atoms with van der Waals surface area (Å²) >= 11 is 0. The van der Waals surface area contributed by atoms with Crippen molar-refractivity contribution < 1.29 is 28.6 Å². The van der Waals surface area contributed by atoms with Gasteiger partial charge in [0.15, 0.2) is 6.10 Å². The van der Waals surface area contributed by atoms with Gasteiger partial charge in [-0.3, -0.25) is 14.4 Å². The SMILES string of the molecule is CC/C=C\C/C=C\C/C=C\C/C=C\CCCCCCCCCCCCC(=O)OCC(COC(=O)CCCCCCCCCCCCCC)OC(=O)CCCCCCCCCCC/C=C\C/C=C\CCCCC. The Morgan fingerprint density at radius 3 is 0.875 bits per heavy atom. The zero-order chi connectivity index (χ0) is 52.2. The van der Waals surface area contributed by atoms with Gasteiger partial charge in [0, 0.05) is 19.3 Å². The van der Waals surface area contributed by atoms with Crippen LogP contribution in [-0.4, -0.2) is 37.2 Å². The molecule has 1 atom stereocenters. The zero-order valence-electron chi connectivity index (χ0n) is 47.7. The second-order valence-electron chi connectivity index (χ2n) is 20.6. The molecule has 0 rings (SSSR count). The maximum atomic E-state index is 12.9. The van der Waals surface area contributed by atoms with Crippen molar-refractivity contribution in [2.24, 2.45) is 0 Å². The smallest absolute Gasteiger partial charge is 0.306 e. The Bertz CT molecular complexity index is 1340. The van der Waals surface area contributed by atoms with Crippen LogP contribution < -0.4 is 0 Å². The van der Waals surface area contributed by atoms with Gasteiger partial charge in [-0.15, -0.1) is 0 Å². The molecule has 0 saturated heterocycles. The molecule has 0 aliphatic rings. The highest BCUT2D eigenvalue weighted by molar-refractivity contribution is 5.71. The number of ether oxygens (including phenoxy) is 3.